The number of methoxy groups -OCH3 is 1. The molecule has 3 rings (SSSR count). The van der Waals surface area contributed by atoms with Gasteiger partial charge in [-0.1, -0.05) is 18.2 Å². The molecule has 33 heavy (non-hydrogen) atoms. The summed E-state index contributed by atoms with van der Waals surface area (Å²) in [4.78, 5) is 41.7. The molecule has 0 fully saturated rings. The topological polar surface area (TPSA) is 76.2 Å². The summed E-state index contributed by atoms with van der Waals surface area (Å²) < 4.78 is 34.7. The quantitative estimate of drug-likeness (QED) is 0.485. The Bertz CT molecular complexity index is 1010. The number of hydrogen-bond donors (Lipinski definition) is 0. The molecule has 3 amide bonds. The van der Waals surface area contributed by atoms with Gasteiger partial charge in [-0.3, -0.25) is 19.3 Å². The van der Waals surface area contributed by atoms with Gasteiger partial charge in [0.1, 0.15) is 6.04 Å². The Labute approximate surface area is 194 Å². The Hall–Kier alpha value is -3.14. The summed E-state index contributed by atoms with van der Waals surface area (Å²) in [5.74, 6) is -0.810. The highest BCUT2D eigenvalue weighted by molar-refractivity contribution is 7.98. The van der Waals surface area contributed by atoms with Crippen molar-refractivity contribution < 1.29 is 32.6 Å². The molecule has 0 radical (unpaired) electrons. The number of carbonyl (C=O) groups excluding carboxylic acids is 3. The highest BCUT2D eigenvalue weighted by atomic mass is 32.2. The maximum absolute atomic E-state index is 13.4. The lowest BCUT2D eigenvalue weighted by molar-refractivity contribution is -0.134. The molecular weight excluding hydrogens is 454 g/mol. The zero-order valence-corrected chi connectivity index (χ0v) is 19.2. The van der Waals surface area contributed by atoms with Crippen LogP contribution in [0.4, 0.5) is 8.78 Å². The molecular formula is C23H24F2N2O5S. The number of halogens is 2. The Balaban J connectivity index is 1.81. The number of ether oxygens (including phenoxy) is 2. The van der Waals surface area contributed by atoms with Crippen LogP contribution < -0.4 is 9.47 Å². The molecule has 0 aromatic heterocycles. The van der Waals surface area contributed by atoms with E-state index in [2.05, 4.69) is 4.74 Å². The average molecular weight is 479 g/mol. The van der Waals surface area contributed by atoms with Crippen molar-refractivity contribution in [3.05, 3.63) is 59.2 Å². The van der Waals surface area contributed by atoms with E-state index in [1.54, 1.807) is 37.4 Å². The van der Waals surface area contributed by atoms with Crippen LogP contribution in [0.25, 0.3) is 0 Å². The highest BCUT2D eigenvalue weighted by Gasteiger charge is 2.43. The van der Waals surface area contributed by atoms with Crippen molar-refractivity contribution in [2.45, 2.75) is 25.6 Å². The standard InChI is InChI=1S/C23H24F2N2O5S/c1-26(13-14-8-9-18(32-23(24)25)19(12-14)31-2)22(30)17(10-11-33-3)27-20(28)15-6-4-5-7-16(15)21(27)29/h4-9,12,17,23H,10-11,13H2,1-3H3/t17-/m1/s1. The summed E-state index contributed by atoms with van der Waals surface area (Å²) in [6, 6.07) is 9.92. The zero-order valence-electron chi connectivity index (χ0n) is 18.4. The lowest BCUT2D eigenvalue weighted by Crippen LogP contribution is -2.50. The first-order valence-electron chi connectivity index (χ1n) is 10.1. The van der Waals surface area contributed by atoms with Gasteiger partial charge in [0.2, 0.25) is 5.91 Å². The van der Waals surface area contributed by atoms with Gasteiger partial charge in [0.05, 0.1) is 18.2 Å². The van der Waals surface area contributed by atoms with Crippen LogP contribution in [-0.2, 0) is 11.3 Å². The van der Waals surface area contributed by atoms with Crippen molar-refractivity contribution in [2.24, 2.45) is 0 Å². The smallest absolute Gasteiger partial charge is 0.387 e. The second-order valence-electron chi connectivity index (χ2n) is 7.38. The molecule has 0 saturated heterocycles. The molecule has 2 aromatic rings. The molecule has 0 spiro atoms. The average Bonchev–Trinajstić information content (AvgIpc) is 3.05. The van der Waals surface area contributed by atoms with Gasteiger partial charge >= 0.3 is 6.61 Å². The molecule has 10 heteroatoms. The third kappa shape index (κ3) is 5.27. The number of benzene rings is 2. The molecule has 1 aliphatic rings. The Morgan fingerprint density at radius 3 is 2.27 bits per heavy atom. The Morgan fingerprint density at radius 2 is 1.73 bits per heavy atom. The van der Waals surface area contributed by atoms with Crippen LogP contribution in [0.15, 0.2) is 42.5 Å². The van der Waals surface area contributed by atoms with Gasteiger partial charge in [0.25, 0.3) is 11.8 Å². The highest BCUT2D eigenvalue weighted by Crippen LogP contribution is 2.31. The van der Waals surface area contributed by atoms with Crippen LogP contribution in [0.1, 0.15) is 32.7 Å². The molecule has 0 N–H and O–H groups in total. The van der Waals surface area contributed by atoms with Gasteiger partial charge in [0, 0.05) is 13.6 Å². The van der Waals surface area contributed by atoms with E-state index in [1.807, 2.05) is 6.26 Å². The lowest BCUT2D eigenvalue weighted by Gasteiger charge is -2.29. The minimum absolute atomic E-state index is 0.105. The minimum atomic E-state index is -2.99. The molecule has 0 unspecified atom stereocenters. The van der Waals surface area contributed by atoms with Crippen LogP contribution in [0.3, 0.4) is 0 Å². The maximum Gasteiger partial charge on any atom is 0.387 e. The number of likely N-dealkylation sites (N-methyl/N-ethyl adjacent to an activating group) is 1. The van der Waals surface area contributed by atoms with E-state index in [0.717, 1.165) is 4.90 Å². The van der Waals surface area contributed by atoms with Crippen molar-refractivity contribution in [2.75, 3.05) is 26.2 Å². The van der Waals surface area contributed by atoms with Crippen LogP contribution in [0.2, 0.25) is 0 Å². The van der Waals surface area contributed by atoms with Gasteiger partial charge in [-0.25, -0.2) is 0 Å². The number of nitrogens with zero attached hydrogens (tertiary/aromatic N) is 2. The zero-order chi connectivity index (χ0) is 24.1. The van der Waals surface area contributed by atoms with Crippen molar-refractivity contribution in [1.82, 2.24) is 9.80 Å². The molecule has 1 heterocycles. The Morgan fingerprint density at radius 1 is 1.09 bits per heavy atom. The molecule has 0 bridgehead atoms. The summed E-state index contributed by atoms with van der Waals surface area (Å²) in [6.45, 7) is -2.88. The second kappa shape index (κ2) is 10.7. The number of imide groups is 1. The summed E-state index contributed by atoms with van der Waals surface area (Å²) in [5, 5.41) is 0. The molecule has 2 aromatic carbocycles. The molecule has 7 nitrogen and oxygen atoms in total. The van der Waals surface area contributed by atoms with E-state index in [9.17, 15) is 23.2 Å². The third-order valence-corrected chi connectivity index (χ3v) is 5.90. The van der Waals surface area contributed by atoms with Gasteiger partial charge in [0.15, 0.2) is 11.5 Å². The molecule has 1 atom stereocenters. The molecule has 0 aliphatic carbocycles. The summed E-state index contributed by atoms with van der Waals surface area (Å²) >= 11 is 1.51. The molecule has 1 aliphatic heterocycles. The number of fused-ring (bicyclic) bond motifs is 1. The van der Waals surface area contributed by atoms with Gasteiger partial charge < -0.3 is 14.4 Å². The third-order valence-electron chi connectivity index (χ3n) is 5.26. The monoisotopic (exact) mass is 478 g/mol. The first-order valence-corrected chi connectivity index (χ1v) is 11.5. The van der Waals surface area contributed by atoms with E-state index >= 15 is 0 Å². The predicted molar refractivity (Wildman–Crippen MR) is 120 cm³/mol. The summed E-state index contributed by atoms with van der Waals surface area (Å²) in [7, 11) is 2.88. The van der Waals surface area contributed by atoms with Crippen LogP contribution >= 0.6 is 11.8 Å². The minimum Gasteiger partial charge on any atom is -0.493 e. The fraction of sp³-hybridized carbons (Fsp3) is 0.348. The van der Waals surface area contributed by atoms with Crippen LogP contribution in [0.5, 0.6) is 11.5 Å². The molecule has 176 valence electrons. The lowest BCUT2D eigenvalue weighted by atomic mass is 10.1. The van der Waals surface area contributed by atoms with Gasteiger partial charge in [-0.05, 0) is 48.3 Å². The van der Waals surface area contributed by atoms with Crippen molar-refractivity contribution >= 4 is 29.5 Å². The van der Waals surface area contributed by atoms with E-state index in [-0.39, 0.29) is 29.2 Å². The number of alkyl halides is 2. The fourth-order valence-corrected chi connectivity index (χ4v) is 4.15. The number of rotatable bonds is 10. The predicted octanol–water partition coefficient (Wildman–Crippen LogP) is 3.67. The second-order valence-corrected chi connectivity index (χ2v) is 8.37. The van der Waals surface area contributed by atoms with Crippen molar-refractivity contribution in [3.63, 3.8) is 0 Å². The van der Waals surface area contributed by atoms with E-state index in [1.165, 1.54) is 35.9 Å². The maximum atomic E-state index is 13.4. The van der Waals surface area contributed by atoms with E-state index in [4.69, 9.17) is 4.74 Å². The summed E-state index contributed by atoms with van der Waals surface area (Å²) in [6.07, 6.45) is 2.18. The normalized spacial score (nSPS) is 13.8. The van der Waals surface area contributed by atoms with Crippen molar-refractivity contribution in [1.29, 1.82) is 0 Å². The first kappa shape index (κ1) is 24.5. The number of carbonyl (C=O) groups is 3. The van der Waals surface area contributed by atoms with E-state index in [0.29, 0.717) is 17.7 Å². The van der Waals surface area contributed by atoms with Crippen molar-refractivity contribution in [3.8, 4) is 11.5 Å². The van der Waals surface area contributed by atoms with Crippen LogP contribution in [0, 0.1) is 0 Å². The van der Waals surface area contributed by atoms with E-state index < -0.39 is 30.4 Å². The Kier molecular flexibility index (Phi) is 7.91. The number of hydrogen-bond acceptors (Lipinski definition) is 6. The fourth-order valence-electron chi connectivity index (χ4n) is 3.69. The largest absolute Gasteiger partial charge is 0.493 e. The molecule has 0 saturated carbocycles. The van der Waals surface area contributed by atoms with Gasteiger partial charge in [-0.15, -0.1) is 0 Å². The SMILES string of the molecule is COc1cc(CN(C)C(=O)[C@@H](CCSC)N2C(=O)c3ccccc3C2=O)ccc1OC(F)F. The summed E-state index contributed by atoms with van der Waals surface area (Å²) in [5.41, 5.74) is 1.17. The first-order chi connectivity index (χ1) is 15.8. The number of amides is 3. The van der Waals surface area contributed by atoms with Gasteiger partial charge in [-0.2, -0.15) is 20.5 Å². The number of thioether (sulfide) groups is 1. The van der Waals surface area contributed by atoms with Crippen LogP contribution in [-0.4, -0.2) is 66.3 Å².